The van der Waals surface area contributed by atoms with Gasteiger partial charge in [0.05, 0.1) is 24.3 Å². The van der Waals surface area contributed by atoms with Crippen molar-refractivity contribution >= 4 is 0 Å². The van der Waals surface area contributed by atoms with E-state index in [0.717, 1.165) is 17.7 Å². The number of hydrogen-bond acceptors (Lipinski definition) is 3. The van der Waals surface area contributed by atoms with Crippen LogP contribution in [0.1, 0.15) is 35.8 Å². The van der Waals surface area contributed by atoms with Crippen molar-refractivity contribution in [2.45, 2.75) is 31.5 Å². The first kappa shape index (κ1) is 18.8. The molecule has 0 aliphatic carbocycles. The van der Waals surface area contributed by atoms with Gasteiger partial charge >= 0.3 is 6.18 Å². The molecule has 1 saturated heterocycles. The number of rotatable bonds is 4. The largest absolute Gasteiger partial charge is 0.416 e. The van der Waals surface area contributed by atoms with Crippen LogP contribution in [0.4, 0.5) is 17.6 Å². The van der Waals surface area contributed by atoms with Crippen LogP contribution in [0.3, 0.4) is 0 Å². The summed E-state index contributed by atoms with van der Waals surface area (Å²) >= 11 is 0. The number of benzene rings is 2. The van der Waals surface area contributed by atoms with Crippen molar-refractivity contribution in [1.82, 2.24) is 5.32 Å². The monoisotopic (exact) mass is 369 g/mol. The van der Waals surface area contributed by atoms with E-state index in [1.165, 1.54) is 18.2 Å². The SMILES string of the molecule is C[C@@H](OC1OCCNC1c1ccc(F)cc1)c1cccc(C(F)(F)F)c1. The molecule has 0 aromatic heterocycles. The van der Waals surface area contributed by atoms with Gasteiger partial charge in [-0.3, -0.25) is 0 Å². The average molecular weight is 369 g/mol. The fourth-order valence-electron chi connectivity index (χ4n) is 2.89. The molecular weight excluding hydrogens is 350 g/mol. The second kappa shape index (κ2) is 7.73. The Hall–Kier alpha value is -1.96. The molecule has 3 nitrogen and oxygen atoms in total. The van der Waals surface area contributed by atoms with Gasteiger partial charge < -0.3 is 14.8 Å². The van der Waals surface area contributed by atoms with Crippen molar-refractivity contribution in [1.29, 1.82) is 0 Å². The van der Waals surface area contributed by atoms with E-state index >= 15 is 0 Å². The molecule has 1 aliphatic rings. The average Bonchev–Trinajstić information content (AvgIpc) is 2.62. The van der Waals surface area contributed by atoms with Gasteiger partial charge in [0.25, 0.3) is 0 Å². The van der Waals surface area contributed by atoms with Gasteiger partial charge in [-0.2, -0.15) is 13.2 Å². The van der Waals surface area contributed by atoms with E-state index in [9.17, 15) is 17.6 Å². The fourth-order valence-corrected chi connectivity index (χ4v) is 2.89. The number of nitrogens with one attached hydrogen (secondary N) is 1. The van der Waals surface area contributed by atoms with Gasteiger partial charge in [0.1, 0.15) is 5.82 Å². The molecule has 1 fully saturated rings. The number of ether oxygens (including phenoxy) is 2. The normalized spacial score (nSPS) is 22.2. The zero-order valence-corrected chi connectivity index (χ0v) is 14.1. The Labute approximate surface area is 148 Å². The van der Waals surface area contributed by atoms with Gasteiger partial charge in [-0.1, -0.05) is 24.3 Å². The van der Waals surface area contributed by atoms with Crippen molar-refractivity contribution in [3.05, 3.63) is 71.0 Å². The van der Waals surface area contributed by atoms with Crippen LogP contribution in [0.25, 0.3) is 0 Å². The molecule has 1 aliphatic heterocycles. The third-order valence-corrected chi connectivity index (χ3v) is 4.27. The van der Waals surface area contributed by atoms with E-state index < -0.39 is 24.1 Å². The van der Waals surface area contributed by atoms with Crippen molar-refractivity contribution < 1.29 is 27.0 Å². The number of hydrogen-bond donors (Lipinski definition) is 1. The minimum absolute atomic E-state index is 0.336. The maximum Gasteiger partial charge on any atom is 0.416 e. The standard InChI is InChI=1S/C19H19F4NO2/c1-12(14-3-2-4-15(11-14)19(21,22)23)26-18-17(24-9-10-25-18)13-5-7-16(20)8-6-13/h2-8,11-12,17-18,24H,9-10H2,1H3/t12-,17?,18?/m1/s1. The molecule has 140 valence electrons. The minimum atomic E-state index is -4.41. The van der Waals surface area contributed by atoms with Gasteiger partial charge in [-0.25, -0.2) is 4.39 Å². The number of morpholine rings is 1. The number of alkyl halides is 3. The maximum absolute atomic E-state index is 13.1. The smallest absolute Gasteiger partial charge is 0.349 e. The van der Waals surface area contributed by atoms with Crippen LogP contribution in [0.2, 0.25) is 0 Å². The highest BCUT2D eigenvalue weighted by Crippen LogP contribution is 2.33. The predicted molar refractivity (Wildman–Crippen MR) is 87.8 cm³/mol. The Bertz CT molecular complexity index is 733. The summed E-state index contributed by atoms with van der Waals surface area (Å²) in [4.78, 5) is 0. The fraction of sp³-hybridized carbons (Fsp3) is 0.368. The Morgan fingerprint density at radius 3 is 2.58 bits per heavy atom. The quantitative estimate of drug-likeness (QED) is 0.799. The summed E-state index contributed by atoms with van der Waals surface area (Å²) in [6.45, 7) is 2.69. The first-order chi connectivity index (χ1) is 12.3. The minimum Gasteiger partial charge on any atom is -0.349 e. The first-order valence-corrected chi connectivity index (χ1v) is 8.27. The van der Waals surface area contributed by atoms with Gasteiger partial charge in [0.15, 0.2) is 6.29 Å². The van der Waals surface area contributed by atoms with Crippen LogP contribution < -0.4 is 5.32 Å². The lowest BCUT2D eigenvalue weighted by molar-refractivity contribution is -0.200. The van der Waals surface area contributed by atoms with Crippen molar-refractivity contribution in [2.24, 2.45) is 0 Å². The molecular formula is C19H19F4NO2. The summed E-state index contributed by atoms with van der Waals surface area (Å²) in [5.74, 6) is -0.347. The Kier molecular flexibility index (Phi) is 5.60. The van der Waals surface area contributed by atoms with E-state index in [4.69, 9.17) is 9.47 Å². The van der Waals surface area contributed by atoms with Crippen LogP contribution in [0.5, 0.6) is 0 Å². The summed E-state index contributed by atoms with van der Waals surface area (Å²) in [5.41, 5.74) is 0.474. The molecule has 3 rings (SSSR count). The molecule has 26 heavy (non-hydrogen) atoms. The van der Waals surface area contributed by atoms with Crippen LogP contribution in [-0.2, 0) is 15.7 Å². The topological polar surface area (TPSA) is 30.5 Å². The summed E-state index contributed by atoms with van der Waals surface area (Å²) < 4.78 is 63.4. The second-order valence-corrected chi connectivity index (χ2v) is 6.12. The lowest BCUT2D eigenvalue weighted by atomic mass is 10.0. The predicted octanol–water partition coefficient (Wildman–Crippen LogP) is 4.61. The van der Waals surface area contributed by atoms with E-state index in [0.29, 0.717) is 18.7 Å². The summed E-state index contributed by atoms with van der Waals surface area (Å²) in [7, 11) is 0. The van der Waals surface area contributed by atoms with E-state index in [1.54, 1.807) is 25.1 Å². The first-order valence-electron chi connectivity index (χ1n) is 8.27. The Morgan fingerprint density at radius 1 is 1.15 bits per heavy atom. The molecule has 1 heterocycles. The van der Waals surface area contributed by atoms with Crippen LogP contribution >= 0.6 is 0 Å². The summed E-state index contributed by atoms with van der Waals surface area (Å²) in [5, 5.41) is 3.24. The van der Waals surface area contributed by atoms with Crippen LogP contribution in [0, 0.1) is 5.82 Å². The van der Waals surface area contributed by atoms with Gasteiger partial charge in [0, 0.05) is 6.54 Å². The van der Waals surface area contributed by atoms with Crippen LogP contribution in [-0.4, -0.2) is 19.4 Å². The lowest BCUT2D eigenvalue weighted by Crippen LogP contribution is -2.43. The molecule has 3 atom stereocenters. The molecule has 0 bridgehead atoms. The Balaban J connectivity index is 1.76. The highest BCUT2D eigenvalue weighted by atomic mass is 19.4. The zero-order valence-electron chi connectivity index (χ0n) is 14.1. The highest BCUT2D eigenvalue weighted by molar-refractivity contribution is 5.27. The van der Waals surface area contributed by atoms with Gasteiger partial charge in [-0.05, 0) is 42.3 Å². The highest BCUT2D eigenvalue weighted by Gasteiger charge is 2.32. The summed E-state index contributed by atoms with van der Waals surface area (Å²) in [6, 6.07) is 10.7. The third kappa shape index (κ3) is 4.41. The second-order valence-electron chi connectivity index (χ2n) is 6.12. The van der Waals surface area contributed by atoms with Gasteiger partial charge in [0.2, 0.25) is 0 Å². The molecule has 2 aromatic carbocycles. The zero-order chi connectivity index (χ0) is 18.7. The Morgan fingerprint density at radius 2 is 1.88 bits per heavy atom. The maximum atomic E-state index is 13.1. The molecule has 0 radical (unpaired) electrons. The van der Waals surface area contributed by atoms with E-state index in [-0.39, 0.29) is 11.9 Å². The molecule has 0 amide bonds. The van der Waals surface area contributed by atoms with Crippen molar-refractivity contribution in [3.8, 4) is 0 Å². The van der Waals surface area contributed by atoms with Crippen molar-refractivity contribution in [3.63, 3.8) is 0 Å². The molecule has 0 spiro atoms. The van der Waals surface area contributed by atoms with Gasteiger partial charge in [-0.15, -0.1) is 0 Å². The number of halogens is 4. The molecule has 7 heteroatoms. The van der Waals surface area contributed by atoms with Crippen molar-refractivity contribution in [2.75, 3.05) is 13.2 Å². The van der Waals surface area contributed by atoms with Crippen LogP contribution in [0.15, 0.2) is 48.5 Å². The lowest BCUT2D eigenvalue weighted by Gasteiger charge is -2.34. The summed E-state index contributed by atoms with van der Waals surface area (Å²) in [6.07, 6.45) is -5.71. The molecule has 1 N–H and O–H groups in total. The molecule has 0 saturated carbocycles. The molecule has 2 unspecified atom stereocenters. The van der Waals surface area contributed by atoms with E-state index in [1.807, 2.05) is 0 Å². The third-order valence-electron chi connectivity index (χ3n) is 4.27. The molecule has 2 aromatic rings. The van der Waals surface area contributed by atoms with E-state index in [2.05, 4.69) is 5.32 Å².